The number of nitrogens with zero attached hydrogens (tertiary/aromatic N) is 3. The van der Waals surface area contributed by atoms with Crippen LogP contribution in [0.2, 0.25) is 0 Å². The molecule has 1 atom stereocenters. The number of hydrogen-bond acceptors (Lipinski definition) is 4. The molecule has 0 fully saturated rings. The molecule has 0 radical (unpaired) electrons. The van der Waals surface area contributed by atoms with Gasteiger partial charge in [-0.1, -0.05) is 32.5 Å². The van der Waals surface area contributed by atoms with Crippen LogP contribution < -0.4 is 5.73 Å². The van der Waals surface area contributed by atoms with Gasteiger partial charge in [0.2, 0.25) is 0 Å². The zero-order valence-corrected chi connectivity index (χ0v) is 10.2. The van der Waals surface area contributed by atoms with Gasteiger partial charge in [-0.2, -0.15) is 0 Å². The zero-order chi connectivity index (χ0) is 11.7. The lowest BCUT2D eigenvalue weighted by atomic mass is 10.1. The Morgan fingerprint density at radius 2 is 2.38 bits per heavy atom. The minimum absolute atomic E-state index is 0.336. The highest BCUT2D eigenvalue weighted by atomic mass is 32.1. The van der Waals surface area contributed by atoms with Crippen LogP contribution in [0.5, 0.6) is 0 Å². The lowest BCUT2D eigenvalue weighted by molar-refractivity contribution is 0.474. The molecule has 0 aliphatic carbocycles. The molecule has 86 valence electrons. The Morgan fingerprint density at radius 3 is 3.06 bits per heavy atom. The summed E-state index contributed by atoms with van der Waals surface area (Å²) in [5.41, 5.74) is 7.22. The van der Waals surface area contributed by atoms with E-state index >= 15 is 0 Å². The summed E-state index contributed by atoms with van der Waals surface area (Å²) in [5, 5.41) is 0. The first-order valence-corrected chi connectivity index (χ1v) is 5.73. The van der Waals surface area contributed by atoms with E-state index in [4.69, 9.17) is 18.0 Å². The highest BCUT2D eigenvalue weighted by molar-refractivity contribution is 7.71. The zero-order valence-electron chi connectivity index (χ0n) is 9.40. The smallest absolute Gasteiger partial charge is 0.200 e. The molecule has 0 saturated carbocycles. The quantitative estimate of drug-likeness (QED) is 0.802. The van der Waals surface area contributed by atoms with Crippen molar-refractivity contribution in [3.8, 4) is 0 Å². The maximum atomic E-state index is 5.64. The average Bonchev–Trinajstić information content (AvgIpc) is 2.61. The maximum Gasteiger partial charge on any atom is 0.200 e. The molecule has 2 rings (SSSR count). The van der Waals surface area contributed by atoms with Gasteiger partial charge >= 0.3 is 0 Å². The van der Waals surface area contributed by atoms with E-state index in [1.54, 1.807) is 6.33 Å². The van der Waals surface area contributed by atoms with Crippen LogP contribution in [0, 0.1) is 10.6 Å². The summed E-state index contributed by atoms with van der Waals surface area (Å²) < 4.78 is 2.49. The fourth-order valence-corrected chi connectivity index (χ4v) is 1.83. The van der Waals surface area contributed by atoms with Crippen LogP contribution in [0.3, 0.4) is 0 Å². The number of nitrogens with two attached hydrogens (primary N) is 1. The van der Waals surface area contributed by atoms with Crippen molar-refractivity contribution in [1.29, 1.82) is 0 Å². The molecule has 2 aromatic heterocycles. The normalized spacial score (nSPS) is 13.1. The lowest BCUT2D eigenvalue weighted by Crippen LogP contribution is -2.07. The number of hydrogen-bond donors (Lipinski definition) is 2. The fraction of sp³-hybridized carbons (Fsp3) is 0.500. The molecule has 0 unspecified atom stereocenters. The van der Waals surface area contributed by atoms with Gasteiger partial charge in [-0.05, 0) is 5.92 Å². The van der Waals surface area contributed by atoms with Gasteiger partial charge in [0.1, 0.15) is 11.2 Å². The molecule has 16 heavy (non-hydrogen) atoms. The van der Waals surface area contributed by atoms with Gasteiger partial charge in [0, 0.05) is 6.54 Å². The van der Waals surface area contributed by atoms with Crippen LogP contribution >= 0.6 is 12.2 Å². The van der Waals surface area contributed by atoms with Gasteiger partial charge in [0.15, 0.2) is 10.6 Å². The predicted molar refractivity (Wildman–Crippen MR) is 66.6 cm³/mol. The molecule has 0 saturated heterocycles. The molecule has 0 aliphatic heterocycles. The van der Waals surface area contributed by atoms with Crippen molar-refractivity contribution in [3.05, 3.63) is 11.0 Å². The molecular formula is C10H15N5S. The van der Waals surface area contributed by atoms with Crippen molar-refractivity contribution < 1.29 is 0 Å². The summed E-state index contributed by atoms with van der Waals surface area (Å²) >= 11 is 5.11. The Labute approximate surface area is 98.7 Å². The van der Waals surface area contributed by atoms with Gasteiger partial charge in [-0.15, -0.1) is 0 Å². The van der Waals surface area contributed by atoms with E-state index in [-0.39, 0.29) is 0 Å². The lowest BCUT2D eigenvalue weighted by Gasteiger charge is -2.09. The van der Waals surface area contributed by atoms with Crippen LogP contribution in [0.15, 0.2) is 6.33 Å². The summed E-state index contributed by atoms with van der Waals surface area (Å²) in [7, 11) is 0. The molecule has 0 aromatic carbocycles. The van der Waals surface area contributed by atoms with E-state index in [2.05, 4.69) is 28.8 Å². The molecule has 0 aliphatic rings. The van der Waals surface area contributed by atoms with E-state index in [9.17, 15) is 0 Å². The Balaban J connectivity index is 2.51. The first-order chi connectivity index (χ1) is 7.61. The highest BCUT2D eigenvalue weighted by Crippen LogP contribution is 2.14. The summed E-state index contributed by atoms with van der Waals surface area (Å²) in [5.74, 6) is 0.928. The molecule has 0 spiro atoms. The fourth-order valence-electron chi connectivity index (χ4n) is 1.58. The average molecular weight is 237 g/mol. The van der Waals surface area contributed by atoms with Gasteiger partial charge in [-0.25, -0.2) is 9.97 Å². The summed E-state index contributed by atoms with van der Waals surface area (Å²) in [6.45, 7) is 5.27. The second-order valence-corrected chi connectivity index (χ2v) is 4.42. The third-order valence-corrected chi connectivity index (χ3v) is 3.00. The van der Waals surface area contributed by atoms with E-state index in [0.717, 1.165) is 18.6 Å². The third-order valence-electron chi connectivity index (χ3n) is 2.71. The molecule has 5 nitrogen and oxygen atoms in total. The number of nitrogens with one attached hydrogen (secondary N) is 1. The topological polar surface area (TPSA) is 72.5 Å². The van der Waals surface area contributed by atoms with Crippen LogP contribution in [0.25, 0.3) is 11.2 Å². The maximum absolute atomic E-state index is 5.64. The monoisotopic (exact) mass is 237 g/mol. The molecular weight excluding hydrogens is 222 g/mol. The van der Waals surface area contributed by atoms with Crippen molar-refractivity contribution in [2.75, 3.05) is 5.73 Å². The van der Waals surface area contributed by atoms with Crippen LogP contribution in [0.1, 0.15) is 20.3 Å². The van der Waals surface area contributed by atoms with Crippen LogP contribution in [0.4, 0.5) is 5.95 Å². The SMILES string of the molecule is CC[C@@H](C)Cn1cnc2c(=S)nc(N)[nH]c21. The van der Waals surface area contributed by atoms with Crippen molar-refractivity contribution >= 4 is 29.3 Å². The third kappa shape index (κ3) is 1.92. The first-order valence-electron chi connectivity index (χ1n) is 5.32. The second kappa shape index (κ2) is 4.21. The van der Waals surface area contributed by atoms with Gasteiger partial charge < -0.3 is 15.3 Å². The Hall–Kier alpha value is -1.43. The first kappa shape index (κ1) is 11.1. The molecule has 2 aromatic rings. The predicted octanol–water partition coefficient (Wildman–Crippen LogP) is 2.12. The minimum Gasteiger partial charge on any atom is -0.369 e. The number of aromatic nitrogens is 4. The minimum atomic E-state index is 0.336. The largest absolute Gasteiger partial charge is 0.369 e. The van der Waals surface area contributed by atoms with Crippen molar-refractivity contribution in [1.82, 2.24) is 19.5 Å². The van der Waals surface area contributed by atoms with Crippen molar-refractivity contribution in [2.24, 2.45) is 5.92 Å². The Bertz CT molecular complexity index is 556. The Morgan fingerprint density at radius 1 is 1.62 bits per heavy atom. The summed E-state index contributed by atoms with van der Waals surface area (Å²) in [6, 6.07) is 0. The number of aromatic amines is 1. The standard InChI is InChI=1S/C10H15N5S/c1-3-6(2)4-15-5-12-7-8(15)13-10(11)14-9(7)16/h5-6H,3-4H2,1-2H3,(H3,11,13,14,16)/t6-/m1/s1. The van der Waals surface area contributed by atoms with E-state index in [1.807, 2.05) is 4.57 Å². The van der Waals surface area contributed by atoms with Gasteiger partial charge in [-0.3, -0.25) is 0 Å². The number of rotatable bonds is 3. The number of fused-ring (bicyclic) bond motifs is 1. The van der Waals surface area contributed by atoms with E-state index in [0.29, 0.717) is 22.0 Å². The van der Waals surface area contributed by atoms with Crippen LogP contribution in [-0.2, 0) is 6.54 Å². The van der Waals surface area contributed by atoms with E-state index < -0.39 is 0 Å². The molecule has 0 amide bonds. The number of anilines is 1. The molecule has 2 heterocycles. The molecule has 6 heteroatoms. The van der Waals surface area contributed by atoms with E-state index in [1.165, 1.54) is 0 Å². The summed E-state index contributed by atoms with van der Waals surface area (Å²) in [4.78, 5) is 11.2. The van der Waals surface area contributed by atoms with Gasteiger partial charge in [0.05, 0.1) is 6.33 Å². The second-order valence-electron chi connectivity index (χ2n) is 4.03. The summed E-state index contributed by atoms with van der Waals surface area (Å²) in [6.07, 6.45) is 2.91. The van der Waals surface area contributed by atoms with Crippen LogP contribution in [-0.4, -0.2) is 19.5 Å². The Kier molecular flexibility index (Phi) is 2.91. The van der Waals surface area contributed by atoms with Gasteiger partial charge in [0.25, 0.3) is 0 Å². The molecule has 0 bridgehead atoms. The number of nitrogen functional groups attached to an aromatic ring is 1. The van der Waals surface area contributed by atoms with Crippen molar-refractivity contribution in [3.63, 3.8) is 0 Å². The molecule has 3 N–H and O–H groups in total. The van der Waals surface area contributed by atoms with Crippen molar-refractivity contribution in [2.45, 2.75) is 26.8 Å². The number of H-pyrrole nitrogens is 1. The number of imidazole rings is 1. The highest BCUT2D eigenvalue weighted by Gasteiger charge is 2.08.